The van der Waals surface area contributed by atoms with Gasteiger partial charge in [0, 0.05) is 0 Å². The van der Waals surface area contributed by atoms with Gasteiger partial charge in [-0.2, -0.15) is 0 Å². The molecule has 1 aromatic carbocycles. The quantitative estimate of drug-likeness (QED) is 0.464. The largest absolute Gasteiger partial charge is 0.478 e. The van der Waals surface area contributed by atoms with Crippen LogP contribution in [0.5, 0.6) is 0 Å². The minimum Gasteiger partial charge on any atom is -0.478 e. The molecule has 0 spiro atoms. The Morgan fingerprint density at radius 2 is 1.52 bits per heavy atom. The van der Waals surface area contributed by atoms with Crippen LogP contribution >= 0.6 is 0 Å². The number of hydrogen-bond acceptors (Lipinski definition) is 3. The topological polar surface area (TPSA) is 63.6 Å². The molecule has 0 unspecified atom stereocenters. The zero-order valence-electron chi connectivity index (χ0n) is 14.2. The second-order valence-corrected chi connectivity index (χ2v) is 6.29. The van der Waals surface area contributed by atoms with Gasteiger partial charge < -0.3 is 9.84 Å². The third-order valence-electron chi connectivity index (χ3n) is 3.79. The van der Waals surface area contributed by atoms with Crippen molar-refractivity contribution in [2.24, 2.45) is 5.92 Å². The van der Waals surface area contributed by atoms with Gasteiger partial charge in [0.15, 0.2) is 0 Å². The molecule has 0 fully saturated rings. The number of carboxylic acids is 1. The van der Waals surface area contributed by atoms with Gasteiger partial charge in [-0.3, -0.25) is 0 Å². The van der Waals surface area contributed by atoms with Crippen molar-refractivity contribution in [1.29, 1.82) is 0 Å². The highest BCUT2D eigenvalue weighted by Gasteiger charge is 2.16. The average molecular weight is 320 g/mol. The Balaban J connectivity index is 2.17. The molecule has 23 heavy (non-hydrogen) atoms. The lowest BCUT2D eigenvalue weighted by Gasteiger charge is -2.07. The third-order valence-corrected chi connectivity index (χ3v) is 3.79. The molecule has 0 saturated heterocycles. The molecule has 4 heteroatoms. The van der Waals surface area contributed by atoms with Crippen LogP contribution < -0.4 is 0 Å². The number of carboxylic acid groups (broad SMARTS) is 1. The van der Waals surface area contributed by atoms with Crippen LogP contribution in [-0.4, -0.2) is 23.7 Å². The second-order valence-electron chi connectivity index (χ2n) is 6.29. The van der Waals surface area contributed by atoms with Crippen molar-refractivity contribution >= 4 is 11.9 Å². The molecular formula is C19H28O4. The summed E-state index contributed by atoms with van der Waals surface area (Å²) in [7, 11) is 0. The molecule has 0 atom stereocenters. The predicted octanol–water partition coefficient (Wildman–Crippen LogP) is 4.93. The fourth-order valence-corrected chi connectivity index (χ4v) is 2.45. The van der Waals surface area contributed by atoms with E-state index in [4.69, 9.17) is 9.84 Å². The van der Waals surface area contributed by atoms with Gasteiger partial charge in [0.05, 0.1) is 17.7 Å². The Kier molecular flexibility index (Phi) is 9.03. The van der Waals surface area contributed by atoms with E-state index in [1.54, 1.807) is 12.1 Å². The Morgan fingerprint density at radius 3 is 2.13 bits per heavy atom. The molecule has 0 heterocycles. The molecular weight excluding hydrogens is 292 g/mol. The SMILES string of the molecule is CC(C)CCCCCCCCOC(=O)c1ccccc1C(=O)O. The van der Waals surface area contributed by atoms with Gasteiger partial charge in [-0.1, -0.05) is 64.5 Å². The van der Waals surface area contributed by atoms with E-state index >= 15 is 0 Å². The number of esters is 1. The summed E-state index contributed by atoms with van der Waals surface area (Å²) < 4.78 is 5.18. The third kappa shape index (κ3) is 7.82. The first-order valence-electron chi connectivity index (χ1n) is 8.51. The Morgan fingerprint density at radius 1 is 0.957 bits per heavy atom. The van der Waals surface area contributed by atoms with Crippen molar-refractivity contribution in [1.82, 2.24) is 0 Å². The molecule has 0 aliphatic rings. The van der Waals surface area contributed by atoms with Crippen molar-refractivity contribution in [3.05, 3.63) is 35.4 Å². The fraction of sp³-hybridized carbons (Fsp3) is 0.579. The first-order chi connectivity index (χ1) is 11.0. The van der Waals surface area contributed by atoms with Crippen molar-refractivity contribution in [3.8, 4) is 0 Å². The monoisotopic (exact) mass is 320 g/mol. The molecule has 1 rings (SSSR count). The molecule has 0 aromatic heterocycles. The first kappa shape index (κ1) is 19.2. The van der Waals surface area contributed by atoms with Crippen LogP contribution in [0.1, 0.15) is 79.5 Å². The summed E-state index contributed by atoms with van der Waals surface area (Å²) in [5.74, 6) is -0.887. The molecule has 128 valence electrons. The van der Waals surface area contributed by atoms with Gasteiger partial charge in [-0.25, -0.2) is 9.59 Å². The second kappa shape index (κ2) is 10.8. The number of carbonyl (C=O) groups excluding carboxylic acids is 1. The van der Waals surface area contributed by atoms with Gasteiger partial charge >= 0.3 is 11.9 Å². The van der Waals surface area contributed by atoms with E-state index in [0.29, 0.717) is 6.61 Å². The molecule has 0 aliphatic heterocycles. The maximum atomic E-state index is 11.9. The first-order valence-corrected chi connectivity index (χ1v) is 8.51. The van der Waals surface area contributed by atoms with Gasteiger partial charge in [0.1, 0.15) is 0 Å². The van der Waals surface area contributed by atoms with E-state index in [1.807, 2.05) is 0 Å². The summed E-state index contributed by atoms with van der Waals surface area (Å²) >= 11 is 0. The average Bonchev–Trinajstić information content (AvgIpc) is 2.52. The number of benzene rings is 1. The van der Waals surface area contributed by atoms with Gasteiger partial charge in [0.2, 0.25) is 0 Å². The number of aromatic carboxylic acids is 1. The Bertz CT molecular complexity index is 494. The summed E-state index contributed by atoms with van der Waals surface area (Å²) in [4.78, 5) is 23.0. The van der Waals surface area contributed by atoms with Crippen molar-refractivity contribution in [3.63, 3.8) is 0 Å². The van der Waals surface area contributed by atoms with Crippen LogP contribution in [0.3, 0.4) is 0 Å². The van der Waals surface area contributed by atoms with Crippen LogP contribution in [0, 0.1) is 5.92 Å². The van der Waals surface area contributed by atoms with Crippen LogP contribution in [0.4, 0.5) is 0 Å². The number of ether oxygens (including phenoxy) is 1. The van der Waals surface area contributed by atoms with Crippen molar-refractivity contribution < 1.29 is 19.4 Å². The lowest BCUT2D eigenvalue weighted by molar-refractivity contribution is 0.0487. The molecule has 4 nitrogen and oxygen atoms in total. The summed E-state index contributed by atoms with van der Waals surface area (Å²) in [6.07, 6.45) is 8.09. The molecule has 0 aliphatic carbocycles. The summed E-state index contributed by atoms with van der Waals surface area (Å²) in [5, 5.41) is 9.05. The number of unbranched alkanes of at least 4 members (excludes halogenated alkanes) is 5. The highest BCUT2D eigenvalue weighted by Crippen LogP contribution is 2.13. The molecule has 0 saturated carbocycles. The summed E-state index contributed by atoms with van der Waals surface area (Å²) in [5.41, 5.74) is 0.108. The zero-order valence-corrected chi connectivity index (χ0v) is 14.2. The van der Waals surface area contributed by atoms with E-state index in [2.05, 4.69) is 13.8 Å². The lowest BCUT2D eigenvalue weighted by Crippen LogP contribution is -2.12. The number of rotatable bonds is 11. The Hall–Kier alpha value is -1.84. The molecule has 0 amide bonds. The standard InChI is InChI=1S/C19H28O4/c1-15(2)11-7-5-3-4-6-10-14-23-19(22)17-13-9-8-12-16(17)18(20)21/h8-9,12-13,15H,3-7,10-11,14H2,1-2H3,(H,20,21). The van der Waals surface area contributed by atoms with E-state index in [9.17, 15) is 9.59 Å². The lowest BCUT2D eigenvalue weighted by atomic mass is 10.0. The van der Waals surface area contributed by atoms with Gasteiger partial charge in [-0.05, 0) is 24.5 Å². The zero-order chi connectivity index (χ0) is 17.1. The molecule has 0 bridgehead atoms. The van der Waals surface area contributed by atoms with E-state index in [0.717, 1.165) is 25.2 Å². The van der Waals surface area contributed by atoms with E-state index in [1.165, 1.54) is 37.8 Å². The minimum absolute atomic E-state index is 0.0114. The molecule has 0 radical (unpaired) electrons. The molecule has 1 N–H and O–H groups in total. The van der Waals surface area contributed by atoms with Crippen molar-refractivity contribution in [2.45, 2.75) is 58.8 Å². The fourth-order valence-electron chi connectivity index (χ4n) is 2.45. The van der Waals surface area contributed by atoms with E-state index in [-0.39, 0.29) is 11.1 Å². The maximum Gasteiger partial charge on any atom is 0.339 e. The smallest absolute Gasteiger partial charge is 0.339 e. The van der Waals surface area contributed by atoms with Gasteiger partial charge in [-0.15, -0.1) is 0 Å². The number of hydrogen-bond donors (Lipinski definition) is 1. The van der Waals surface area contributed by atoms with Gasteiger partial charge in [0.25, 0.3) is 0 Å². The highest BCUT2D eigenvalue weighted by molar-refractivity contribution is 6.02. The van der Waals surface area contributed by atoms with Crippen LogP contribution in [0.25, 0.3) is 0 Å². The minimum atomic E-state index is -1.11. The predicted molar refractivity (Wildman–Crippen MR) is 90.8 cm³/mol. The normalized spacial score (nSPS) is 10.7. The van der Waals surface area contributed by atoms with Crippen LogP contribution in [0.15, 0.2) is 24.3 Å². The summed E-state index contributed by atoms with van der Waals surface area (Å²) in [6.45, 7) is 4.84. The van der Waals surface area contributed by atoms with Crippen molar-refractivity contribution in [2.75, 3.05) is 6.61 Å². The maximum absolute atomic E-state index is 11.9. The van der Waals surface area contributed by atoms with Crippen LogP contribution in [-0.2, 0) is 4.74 Å². The van der Waals surface area contributed by atoms with E-state index < -0.39 is 11.9 Å². The summed E-state index contributed by atoms with van der Waals surface area (Å²) in [6, 6.07) is 6.14. The molecule has 1 aromatic rings. The van der Waals surface area contributed by atoms with Crippen LogP contribution in [0.2, 0.25) is 0 Å². The highest BCUT2D eigenvalue weighted by atomic mass is 16.5. The number of carbonyl (C=O) groups is 2. The Labute approximate surface area is 138 Å².